The second-order valence-electron chi connectivity index (χ2n) is 5.16. The van der Waals surface area contributed by atoms with Gasteiger partial charge < -0.3 is 10.1 Å². The maximum absolute atomic E-state index is 12.5. The van der Waals surface area contributed by atoms with Crippen LogP contribution in [0.1, 0.15) is 28.5 Å². The topological polar surface area (TPSA) is 65.5 Å². The average Bonchev–Trinajstić information content (AvgIpc) is 3.12. The van der Waals surface area contributed by atoms with Gasteiger partial charge in [-0.25, -0.2) is 4.99 Å². The Labute approximate surface area is 147 Å². The van der Waals surface area contributed by atoms with Gasteiger partial charge >= 0.3 is 0 Å². The minimum atomic E-state index is -0.398. The monoisotopic (exact) mass is 332 g/mol. The molecule has 4 heteroatoms. The fourth-order valence-corrected chi connectivity index (χ4v) is 2.57. The van der Waals surface area contributed by atoms with E-state index in [0.717, 1.165) is 5.57 Å². The fourth-order valence-electron chi connectivity index (χ4n) is 2.57. The van der Waals surface area contributed by atoms with Crippen LogP contribution in [0.3, 0.4) is 0 Å². The molecule has 0 atom stereocenters. The van der Waals surface area contributed by atoms with E-state index in [1.807, 2.05) is 13.0 Å². The fraction of sp³-hybridized carbons (Fsp3) is 0.0476. The van der Waals surface area contributed by atoms with Crippen LogP contribution < -0.4 is 0 Å². The summed E-state index contributed by atoms with van der Waals surface area (Å²) in [7, 11) is 0. The largest absolute Gasteiger partial charge is 0.494 e. The number of allylic oxidation sites excluding steroid dienone is 11. The van der Waals surface area contributed by atoms with Crippen molar-refractivity contribution in [3.05, 3.63) is 96.8 Å². The number of hydrogen-bond donors (Lipinski definition) is 2. The lowest BCUT2D eigenvalue weighted by Gasteiger charge is -2.01. The Morgan fingerprint density at radius 2 is 1.68 bits per heavy atom. The molecular weight excluding hydrogens is 312 g/mol. The van der Waals surface area contributed by atoms with E-state index < -0.39 is 5.91 Å². The third kappa shape index (κ3) is 3.43. The summed E-state index contributed by atoms with van der Waals surface area (Å²) in [5.41, 5.74) is 3.11. The smallest absolute Gasteiger partial charge is 0.280 e. The lowest BCUT2D eigenvalue weighted by Crippen LogP contribution is -2.00. The SMILES string of the molecule is C=C/C=C\C(=C/C)C1=NC(=O)c2c(C(/C=C\C=C)=C/C=C)[nH]c(O)c21. The molecule has 25 heavy (non-hydrogen) atoms. The van der Waals surface area contributed by atoms with Gasteiger partial charge in [-0.1, -0.05) is 74.4 Å². The number of amides is 1. The van der Waals surface area contributed by atoms with E-state index in [2.05, 4.69) is 29.7 Å². The molecule has 0 aromatic carbocycles. The second-order valence-corrected chi connectivity index (χ2v) is 5.16. The first kappa shape index (κ1) is 17.9. The van der Waals surface area contributed by atoms with Crippen molar-refractivity contribution in [2.24, 2.45) is 4.99 Å². The molecule has 0 saturated carbocycles. The quantitative estimate of drug-likeness (QED) is 0.713. The van der Waals surface area contributed by atoms with E-state index in [9.17, 15) is 9.90 Å². The van der Waals surface area contributed by atoms with Gasteiger partial charge in [0.25, 0.3) is 5.91 Å². The van der Waals surface area contributed by atoms with E-state index in [4.69, 9.17) is 0 Å². The number of rotatable bonds is 7. The number of fused-ring (bicyclic) bond motifs is 1. The summed E-state index contributed by atoms with van der Waals surface area (Å²) < 4.78 is 0. The van der Waals surface area contributed by atoms with Crippen molar-refractivity contribution in [2.75, 3.05) is 0 Å². The Kier molecular flexibility index (Phi) is 5.69. The zero-order chi connectivity index (χ0) is 18.4. The summed E-state index contributed by atoms with van der Waals surface area (Å²) in [6.45, 7) is 12.8. The Hall–Kier alpha value is -3.40. The summed E-state index contributed by atoms with van der Waals surface area (Å²) >= 11 is 0. The first-order valence-corrected chi connectivity index (χ1v) is 7.75. The Morgan fingerprint density at radius 1 is 1.04 bits per heavy atom. The van der Waals surface area contributed by atoms with Crippen molar-refractivity contribution >= 4 is 17.2 Å². The maximum atomic E-state index is 12.5. The predicted octanol–water partition coefficient (Wildman–Crippen LogP) is 4.66. The molecule has 0 bridgehead atoms. The molecule has 2 heterocycles. The van der Waals surface area contributed by atoms with Crippen LogP contribution in [-0.4, -0.2) is 21.7 Å². The van der Waals surface area contributed by atoms with E-state index in [1.54, 1.807) is 48.6 Å². The maximum Gasteiger partial charge on any atom is 0.280 e. The number of aromatic hydroxyl groups is 1. The van der Waals surface area contributed by atoms with Crippen molar-refractivity contribution in [2.45, 2.75) is 6.92 Å². The van der Waals surface area contributed by atoms with E-state index >= 15 is 0 Å². The van der Waals surface area contributed by atoms with E-state index in [1.165, 1.54) is 0 Å². The summed E-state index contributed by atoms with van der Waals surface area (Å²) in [6, 6.07) is 0. The molecule has 0 aliphatic carbocycles. The summed E-state index contributed by atoms with van der Waals surface area (Å²) in [5.74, 6) is -0.493. The molecule has 4 nitrogen and oxygen atoms in total. The third-order valence-corrected chi connectivity index (χ3v) is 3.64. The number of aliphatic imine (C=N–C) groups is 1. The van der Waals surface area contributed by atoms with Crippen LogP contribution in [-0.2, 0) is 0 Å². The lowest BCUT2D eigenvalue weighted by molar-refractivity contribution is 0.101. The Morgan fingerprint density at radius 3 is 2.24 bits per heavy atom. The van der Waals surface area contributed by atoms with Gasteiger partial charge in [0.1, 0.15) is 0 Å². The first-order valence-electron chi connectivity index (χ1n) is 7.75. The molecule has 0 spiro atoms. The molecule has 0 radical (unpaired) electrons. The van der Waals surface area contributed by atoms with Crippen molar-refractivity contribution in [1.82, 2.24) is 4.98 Å². The lowest BCUT2D eigenvalue weighted by atomic mass is 9.99. The van der Waals surface area contributed by atoms with Crippen LogP contribution >= 0.6 is 0 Å². The highest BCUT2D eigenvalue weighted by atomic mass is 16.3. The molecule has 0 saturated heterocycles. The summed E-state index contributed by atoms with van der Waals surface area (Å²) in [4.78, 5) is 19.5. The number of H-pyrrole nitrogens is 1. The van der Waals surface area contributed by atoms with Gasteiger partial charge in [-0.3, -0.25) is 4.79 Å². The normalized spacial score (nSPS) is 14.9. The standard InChI is InChI=1S/C21H20N2O2/c1-5-9-12-14(8-4)18-16-17(21(25)22-18)19(23-20(16)24)15(11-7-3)13-10-6-2/h5-13,23-24H,1-3H2,4H3/b12-9-,13-10-,14-8+,15-11+. The van der Waals surface area contributed by atoms with Crippen molar-refractivity contribution in [1.29, 1.82) is 0 Å². The van der Waals surface area contributed by atoms with Crippen molar-refractivity contribution in [3.8, 4) is 5.88 Å². The van der Waals surface area contributed by atoms with Crippen molar-refractivity contribution < 1.29 is 9.90 Å². The Balaban J connectivity index is 2.64. The van der Waals surface area contributed by atoms with Gasteiger partial charge in [0.05, 0.1) is 22.5 Å². The molecule has 0 fully saturated rings. The number of aromatic amines is 1. The number of carbonyl (C=O) groups excluding carboxylic acids is 1. The number of carbonyl (C=O) groups is 1. The number of nitrogens with zero attached hydrogens (tertiary/aromatic N) is 1. The van der Waals surface area contributed by atoms with Gasteiger partial charge in [-0.05, 0) is 18.1 Å². The average molecular weight is 332 g/mol. The van der Waals surface area contributed by atoms with Gasteiger partial charge in [0, 0.05) is 0 Å². The zero-order valence-corrected chi connectivity index (χ0v) is 14.1. The number of hydrogen-bond acceptors (Lipinski definition) is 2. The van der Waals surface area contributed by atoms with Crippen LogP contribution in [0, 0.1) is 0 Å². The third-order valence-electron chi connectivity index (χ3n) is 3.64. The highest BCUT2D eigenvalue weighted by Crippen LogP contribution is 2.36. The van der Waals surface area contributed by atoms with Crippen LogP contribution in [0.15, 0.2) is 85.0 Å². The molecule has 1 amide bonds. The van der Waals surface area contributed by atoms with Gasteiger partial charge in [-0.2, -0.15) is 0 Å². The molecule has 1 aromatic rings. The van der Waals surface area contributed by atoms with Crippen molar-refractivity contribution in [3.63, 3.8) is 0 Å². The van der Waals surface area contributed by atoms with Crippen LogP contribution in [0.2, 0.25) is 0 Å². The predicted molar refractivity (Wildman–Crippen MR) is 104 cm³/mol. The van der Waals surface area contributed by atoms with E-state index in [0.29, 0.717) is 28.1 Å². The van der Waals surface area contributed by atoms with E-state index in [-0.39, 0.29) is 5.88 Å². The van der Waals surface area contributed by atoms with Crippen LogP contribution in [0.4, 0.5) is 0 Å². The summed E-state index contributed by atoms with van der Waals surface area (Å²) in [6.07, 6.45) is 15.5. The summed E-state index contributed by atoms with van der Waals surface area (Å²) in [5, 5.41) is 10.4. The second kappa shape index (κ2) is 7.93. The molecule has 2 rings (SSSR count). The molecular formula is C21H20N2O2. The first-order chi connectivity index (χ1) is 12.1. The highest BCUT2D eigenvalue weighted by Gasteiger charge is 2.33. The number of nitrogens with one attached hydrogen (secondary N) is 1. The molecule has 0 unspecified atom stereocenters. The molecule has 126 valence electrons. The molecule has 1 aliphatic heterocycles. The van der Waals surface area contributed by atoms with Crippen LogP contribution in [0.5, 0.6) is 5.88 Å². The molecule has 1 aromatic heterocycles. The molecule has 2 N–H and O–H groups in total. The number of aromatic nitrogens is 1. The molecule has 1 aliphatic rings. The van der Waals surface area contributed by atoms with Crippen LogP contribution in [0.25, 0.3) is 5.57 Å². The van der Waals surface area contributed by atoms with Gasteiger partial charge in [-0.15, -0.1) is 0 Å². The minimum Gasteiger partial charge on any atom is -0.494 e. The minimum absolute atomic E-state index is 0.0945. The Bertz CT molecular complexity index is 887. The highest BCUT2D eigenvalue weighted by molar-refractivity contribution is 6.30. The zero-order valence-electron chi connectivity index (χ0n) is 14.1. The van der Waals surface area contributed by atoms with Gasteiger partial charge in [0.2, 0.25) is 0 Å². The van der Waals surface area contributed by atoms with Gasteiger partial charge in [0.15, 0.2) is 5.88 Å².